The van der Waals surface area contributed by atoms with Crippen LogP contribution in [0.4, 0.5) is 0 Å². The maximum atomic E-state index is 11.8. The van der Waals surface area contributed by atoms with Gasteiger partial charge in [0.15, 0.2) is 5.78 Å². The fourth-order valence-corrected chi connectivity index (χ4v) is 4.21. The molecule has 17 heavy (non-hydrogen) atoms. The van der Waals surface area contributed by atoms with Crippen molar-refractivity contribution >= 4 is 35.3 Å². The summed E-state index contributed by atoms with van der Waals surface area (Å²) in [4.78, 5) is 23.3. The average Bonchev–Trinajstić information content (AvgIpc) is 2.25. The van der Waals surface area contributed by atoms with Crippen LogP contribution in [0.5, 0.6) is 0 Å². The summed E-state index contributed by atoms with van der Waals surface area (Å²) >= 11 is 3.39. The lowest BCUT2D eigenvalue weighted by molar-refractivity contribution is -0.155. The van der Waals surface area contributed by atoms with Crippen LogP contribution in [0.3, 0.4) is 0 Å². The fraction of sp³-hybridized carbons (Fsp3) is 0.833. The molecule has 0 saturated carbocycles. The van der Waals surface area contributed by atoms with Gasteiger partial charge in [0.25, 0.3) is 0 Å². The summed E-state index contributed by atoms with van der Waals surface area (Å²) in [6, 6.07) is 0. The lowest BCUT2D eigenvalue weighted by Gasteiger charge is -2.21. The Kier molecular flexibility index (Phi) is 5.86. The highest BCUT2D eigenvalue weighted by molar-refractivity contribution is 8.18. The molecule has 0 aromatic rings. The molecule has 0 N–H and O–H groups in total. The number of ether oxygens (including phenoxy) is 1. The highest BCUT2D eigenvalue weighted by atomic mass is 32.2. The van der Waals surface area contributed by atoms with E-state index in [-0.39, 0.29) is 22.8 Å². The normalized spacial score (nSPS) is 17.8. The van der Waals surface area contributed by atoms with E-state index in [1.807, 2.05) is 20.8 Å². The summed E-state index contributed by atoms with van der Waals surface area (Å²) in [7, 11) is 0. The molecule has 0 aliphatic carbocycles. The Bertz CT molecular complexity index is 278. The van der Waals surface area contributed by atoms with Gasteiger partial charge in [0.2, 0.25) is 0 Å². The number of carbonyl (C=O) groups excluding carboxylic acids is 2. The number of thioether (sulfide) groups is 2. The van der Waals surface area contributed by atoms with E-state index < -0.39 is 5.60 Å². The first-order valence-corrected chi connectivity index (χ1v) is 7.96. The largest absolute Gasteiger partial charge is 0.460 e. The van der Waals surface area contributed by atoms with E-state index in [0.29, 0.717) is 6.42 Å². The summed E-state index contributed by atoms with van der Waals surface area (Å²) in [5.41, 5.74) is -0.464. The molecule has 0 spiro atoms. The molecule has 0 atom stereocenters. The van der Waals surface area contributed by atoms with Crippen molar-refractivity contribution in [3.63, 3.8) is 0 Å². The minimum atomic E-state index is -0.464. The molecule has 0 amide bonds. The maximum absolute atomic E-state index is 11.8. The molecular weight excluding hydrogens is 256 g/mol. The predicted octanol–water partition coefficient (Wildman–Crippen LogP) is 2.87. The number of Topliss-reactive ketones (excluding diaryl/α,β-unsaturated/α-hetero) is 1. The minimum Gasteiger partial charge on any atom is -0.460 e. The van der Waals surface area contributed by atoms with Crippen molar-refractivity contribution < 1.29 is 14.3 Å². The average molecular weight is 276 g/mol. The topological polar surface area (TPSA) is 43.4 Å². The zero-order chi connectivity index (χ0) is 12.9. The lowest BCUT2D eigenvalue weighted by atomic mass is 10.2. The minimum absolute atomic E-state index is 0.0335. The van der Waals surface area contributed by atoms with Crippen LogP contribution < -0.4 is 0 Å². The van der Waals surface area contributed by atoms with Crippen molar-refractivity contribution in [1.29, 1.82) is 0 Å². The Hall–Kier alpha value is -0.160. The molecule has 0 aromatic carbocycles. The second-order valence-electron chi connectivity index (χ2n) is 4.98. The second-order valence-corrected chi connectivity index (χ2v) is 7.70. The summed E-state index contributed by atoms with van der Waals surface area (Å²) in [6.45, 7) is 5.50. The smallest absolute Gasteiger partial charge is 0.306 e. The SMILES string of the molecule is CC(C)(C)OC(=O)CCC(=O)C1SCCCS1. The van der Waals surface area contributed by atoms with Gasteiger partial charge in [-0.3, -0.25) is 9.59 Å². The number of rotatable bonds is 4. The van der Waals surface area contributed by atoms with Gasteiger partial charge in [-0.2, -0.15) is 0 Å². The Morgan fingerprint density at radius 1 is 1.18 bits per heavy atom. The molecule has 0 unspecified atom stereocenters. The van der Waals surface area contributed by atoms with E-state index in [4.69, 9.17) is 4.74 Å². The molecular formula is C12H20O3S2. The summed E-state index contributed by atoms with van der Waals surface area (Å²) in [5.74, 6) is 1.99. The van der Waals surface area contributed by atoms with Gasteiger partial charge in [-0.1, -0.05) is 0 Å². The molecule has 1 heterocycles. The van der Waals surface area contributed by atoms with E-state index in [1.54, 1.807) is 23.5 Å². The molecule has 0 radical (unpaired) electrons. The molecule has 0 bridgehead atoms. The van der Waals surface area contributed by atoms with Crippen LogP contribution in [-0.4, -0.2) is 33.4 Å². The molecule has 1 fully saturated rings. The Morgan fingerprint density at radius 3 is 2.29 bits per heavy atom. The number of ketones is 1. The number of esters is 1. The van der Waals surface area contributed by atoms with Gasteiger partial charge in [0.1, 0.15) is 10.2 Å². The van der Waals surface area contributed by atoms with Gasteiger partial charge in [0, 0.05) is 6.42 Å². The van der Waals surface area contributed by atoms with Crippen molar-refractivity contribution in [2.24, 2.45) is 0 Å². The monoisotopic (exact) mass is 276 g/mol. The van der Waals surface area contributed by atoms with Crippen LogP contribution >= 0.6 is 23.5 Å². The number of hydrogen-bond donors (Lipinski definition) is 0. The van der Waals surface area contributed by atoms with Gasteiger partial charge >= 0.3 is 5.97 Å². The van der Waals surface area contributed by atoms with Gasteiger partial charge < -0.3 is 4.74 Å². The molecule has 98 valence electrons. The Balaban J connectivity index is 2.25. The Morgan fingerprint density at radius 2 is 1.76 bits per heavy atom. The van der Waals surface area contributed by atoms with E-state index in [0.717, 1.165) is 11.5 Å². The molecule has 1 aliphatic heterocycles. The van der Waals surface area contributed by atoms with E-state index in [2.05, 4.69) is 0 Å². The zero-order valence-electron chi connectivity index (χ0n) is 10.7. The van der Waals surface area contributed by atoms with Crippen molar-refractivity contribution in [2.75, 3.05) is 11.5 Å². The molecule has 5 heteroatoms. The van der Waals surface area contributed by atoms with Crippen LogP contribution in [0.15, 0.2) is 0 Å². The lowest BCUT2D eigenvalue weighted by Crippen LogP contribution is -2.25. The number of hydrogen-bond acceptors (Lipinski definition) is 5. The first kappa shape index (κ1) is 14.9. The molecule has 1 rings (SSSR count). The van der Waals surface area contributed by atoms with E-state index in [1.165, 1.54) is 6.42 Å². The van der Waals surface area contributed by atoms with E-state index in [9.17, 15) is 9.59 Å². The first-order chi connectivity index (χ1) is 7.88. The summed E-state index contributed by atoms with van der Waals surface area (Å²) in [6.07, 6.45) is 1.68. The van der Waals surface area contributed by atoms with Crippen molar-refractivity contribution in [1.82, 2.24) is 0 Å². The van der Waals surface area contributed by atoms with Crippen molar-refractivity contribution in [3.05, 3.63) is 0 Å². The molecule has 0 aromatic heterocycles. The molecule has 1 saturated heterocycles. The predicted molar refractivity (Wildman–Crippen MR) is 73.4 cm³/mol. The van der Waals surface area contributed by atoms with Gasteiger partial charge in [-0.05, 0) is 38.7 Å². The highest BCUT2D eigenvalue weighted by Crippen LogP contribution is 2.32. The van der Waals surface area contributed by atoms with Crippen LogP contribution in [-0.2, 0) is 14.3 Å². The third kappa shape index (κ3) is 6.36. The second kappa shape index (κ2) is 6.69. The zero-order valence-corrected chi connectivity index (χ0v) is 12.3. The van der Waals surface area contributed by atoms with Gasteiger partial charge in [-0.15, -0.1) is 23.5 Å². The first-order valence-electron chi connectivity index (χ1n) is 5.86. The van der Waals surface area contributed by atoms with Gasteiger partial charge in [-0.25, -0.2) is 0 Å². The van der Waals surface area contributed by atoms with Crippen molar-refractivity contribution in [2.45, 2.75) is 50.2 Å². The third-order valence-electron chi connectivity index (χ3n) is 2.09. The van der Waals surface area contributed by atoms with E-state index >= 15 is 0 Å². The quantitative estimate of drug-likeness (QED) is 0.739. The van der Waals surface area contributed by atoms with Crippen LogP contribution in [0.25, 0.3) is 0 Å². The number of carbonyl (C=O) groups is 2. The van der Waals surface area contributed by atoms with Crippen molar-refractivity contribution in [3.8, 4) is 0 Å². The van der Waals surface area contributed by atoms with Gasteiger partial charge in [0.05, 0.1) is 6.42 Å². The fourth-order valence-electron chi connectivity index (χ4n) is 1.41. The molecule has 1 aliphatic rings. The van der Waals surface area contributed by atoms with Crippen LogP contribution in [0.2, 0.25) is 0 Å². The maximum Gasteiger partial charge on any atom is 0.306 e. The highest BCUT2D eigenvalue weighted by Gasteiger charge is 2.24. The summed E-state index contributed by atoms with van der Waals surface area (Å²) in [5, 5.41) is 0. The van der Waals surface area contributed by atoms with Crippen LogP contribution in [0, 0.1) is 0 Å². The summed E-state index contributed by atoms with van der Waals surface area (Å²) < 4.78 is 5.20. The Labute approximate surface area is 111 Å². The standard InChI is InChI=1S/C12H20O3S2/c1-12(2,3)15-10(14)6-5-9(13)11-16-7-4-8-17-11/h11H,4-8H2,1-3H3. The third-order valence-corrected chi connectivity index (χ3v) is 5.08. The molecule has 3 nitrogen and oxygen atoms in total. The van der Waals surface area contributed by atoms with Crippen LogP contribution in [0.1, 0.15) is 40.0 Å².